The molecule has 0 aliphatic heterocycles. The van der Waals surface area contributed by atoms with E-state index in [-0.39, 0.29) is 6.61 Å². The van der Waals surface area contributed by atoms with Crippen LogP contribution in [0.4, 0.5) is 13.2 Å². The van der Waals surface area contributed by atoms with Crippen molar-refractivity contribution in [3.8, 4) is 0 Å². The fourth-order valence-corrected chi connectivity index (χ4v) is 2.62. The first-order valence-corrected chi connectivity index (χ1v) is 6.54. The molecule has 1 rings (SSSR count). The van der Waals surface area contributed by atoms with Gasteiger partial charge in [-0.25, -0.2) is 4.98 Å². The zero-order valence-corrected chi connectivity index (χ0v) is 11.2. The number of nitrogens with one attached hydrogen (secondary N) is 1. The molecule has 0 aromatic carbocycles. The van der Waals surface area contributed by atoms with Crippen molar-refractivity contribution in [1.82, 2.24) is 10.3 Å². The number of hydrogen-bond donors (Lipinski definition) is 1. The molecule has 0 amide bonds. The van der Waals surface area contributed by atoms with E-state index < -0.39 is 12.8 Å². The van der Waals surface area contributed by atoms with Crippen LogP contribution in [0, 0.1) is 0 Å². The van der Waals surface area contributed by atoms with E-state index in [2.05, 4.69) is 15.0 Å². The van der Waals surface area contributed by atoms with E-state index in [0.29, 0.717) is 6.42 Å². The lowest BCUT2D eigenvalue weighted by atomic mass is 10.3. The molecule has 1 aromatic rings. The molecular weight excluding hydrogens is 265 g/mol. The van der Waals surface area contributed by atoms with E-state index in [1.54, 1.807) is 0 Å². The van der Waals surface area contributed by atoms with Crippen molar-refractivity contribution in [3.63, 3.8) is 0 Å². The summed E-state index contributed by atoms with van der Waals surface area (Å²) in [6.07, 6.45) is -3.00. The van der Waals surface area contributed by atoms with Gasteiger partial charge in [0, 0.05) is 17.8 Å². The van der Waals surface area contributed by atoms with E-state index >= 15 is 0 Å². The Morgan fingerprint density at radius 3 is 2.67 bits per heavy atom. The topological polar surface area (TPSA) is 34.1 Å². The summed E-state index contributed by atoms with van der Waals surface area (Å²) in [5, 5.41) is 3.88. The molecule has 18 heavy (non-hydrogen) atoms. The van der Waals surface area contributed by atoms with Crippen molar-refractivity contribution < 1.29 is 17.9 Å². The number of rotatable bonds is 7. The highest BCUT2D eigenvalue weighted by atomic mass is 32.1. The second kappa shape index (κ2) is 7.06. The maximum atomic E-state index is 11.9. The Hall–Kier alpha value is -0.660. The summed E-state index contributed by atoms with van der Waals surface area (Å²) in [6, 6.07) is 0. The predicted octanol–water partition coefficient (Wildman–Crippen LogP) is 2.55. The second-order valence-electron chi connectivity index (χ2n) is 3.78. The average Bonchev–Trinajstić information content (AvgIpc) is 2.66. The van der Waals surface area contributed by atoms with Gasteiger partial charge in [-0.3, -0.25) is 0 Å². The lowest BCUT2D eigenvalue weighted by molar-refractivity contribution is -0.173. The molecular formula is C11H17F3N2OS. The minimum Gasteiger partial charge on any atom is -0.372 e. The highest BCUT2D eigenvalue weighted by Crippen LogP contribution is 2.20. The van der Waals surface area contributed by atoms with Gasteiger partial charge in [-0.2, -0.15) is 13.2 Å². The Balaban J connectivity index is 2.42. The number of ether oxygens (including phenoxy) is 1. The molecule has 0 unspecified atom stereocenters. The number of halogens is 3. The molecule has 104 valence electrons. The first-order chi connectivity index (χ1) is 8.46. The Labute approximate surface area is 108 Å². The normalized spacial score (nSPS) is 12.1. The van der Waals surface area contributed by atoms with Crippen LogP contribution in [-0.2, 0) is 24.1 Å². The lowest BCUT2D eigenvalue weighted by Gasteiger charge is -2.06. The van der Waals surface area contributed by atoms with Crippen LogP contribution in [0.2, 0.25) is 0 Å². The van der Waals surface area contributed by atoms with Gasteiger partial charge in [0.05, 0.1) is 17.3 Å². The Bertz CT molecular complexity index is 366. The van der Waals surface area contributed by atoms with Crippen LogP contribution in [0.5, 0.6) is 0 Å². The fourth-order valence-electron chi connectivity index (χ4n) is 1.47. The van der Waals surface area contributed by atoms with Crippen molar-refractivity contribution >= 4 is 11.3 Å². The average molecular weight is 282 g/mol. The molecule has 0 bridgehead atoms. The van der Waals surface area contributed by atoms with Gasteiger partial charge in [0.25, 0.3) is 0 Å². The van der Waals surface area contributed by atoms with Gasteiger partial charge in [0.15, 0.2) is 0 Å². The van der Waals surface area contributed by atoms with E-state index in [4.69, 9.17) is 0 Å². The van der Waals surface area contributed by atoms with Crippen LogP contribution < -0.4 is 5.32 Å². The molecule has 0 aliphatic carbocycles. The highest BCUT2D eigenvalue weighted by Gasteiger charge is 2.27. The summed E-state index contributed by atoms with van der Waals surface area (Å²) >= 11 is 1.53. The number of thiazole rings is 1. The maximum Gasteiger partial charge on any atom is 0.411 e. The van der Waals surface area contributed by atoms with E-state index in [9.17, 15) is 13.2 Å². The fraction of sp³-hybridized carbons (Fsp3) is 0.727. The van der Waals surface area contributed by atoms with Crippen LogP contribution in [0.1, 0.15) is 22.5 Å². The SMILES string of the molecule is CCc1nc(CCOCC(F)(F)F)sc1CNC. The van der Waals surface area contributed by atoms with E-state index in [1.807, 2.05) is 14.0 Å². The molecule has 0 spiro atoms. The van der Waals surface area contributed by atoms with Gasteiger partial charge < -0.3 is 10.1 Å². The summed E-state index contributed by atoms with van der Waals surface area (Å²) in [7, 11) is 1.85. The van der Waals surface area contributed by atoms with Crippen LogP contribution >= 0.6 is 11.3 Å². The number of hydrogen-bond acceptors (Lipinski definition) is 4. The third kappa shape index (κ3) is 5.32. The zero-order chi connectivity index (χ0) is 13.6. The minimum atomic E-state index is -4.26. The van der Waals surface area contributed by atoms with Crippen LogP contribution in [0.3, 0.4) is 0 Å². The standard InChI is InChI=1S/C11H17F3N2OS/c1-3-8-9(6-15-2)18-10(16-8)4-5-17-7-11(12,13)14/h15H,3-7H2,1-2H3. The van der Waals surface area contributed by atoms with Crippen LogP contribution in [0.25, 0.3) is 0 Å². The molecule has 0 saturated heterocycles. The Kier molecular flexibility index (Phi) is 6.04. The largest absolute Gasteiger partial charge is 0.411 e. The monoisotopic (exact) mass is 282 g/mol. The van der Waals surface area contributed by atoms with Crippen LogP contribution in [-0.4, -0.2) is 31.4 Å². The van der Waals surface area contributed by atoms with Crippen LogP contribution in [0.15, 0.2) is 0 Å². The van der Waals surface area contributed by atoms with Crippen molar-refractivity contribution in [2.75, 3.05) is 20.3 Å². The number of aryl methyl sites for hydroxylation is 1. The quantitative estimate of drug-likeness (QED) is 0.780. The van der Waals surface area contributed by atoms with Gasteiger partial charge in [0.2, 0.25) is 0 Å². The molecule has 1 aromatic heterocycles. The van der Waals surface area contributed by atoms with Gasteiger partial charge in [-0.1, -0.05) is 6.92 Å². The van der Waals surface area contributed by atoms with Crippen molar-refractivity contribution in [3.05, 3.63) is 15.6 Å². The second-order valence-corrected chi connectivity index (χ2v) is 4.95. The highest BCUT2D eigenvalue weighted by molar-refractivity contribution is 7.11. The molecule has 1 heterocycles. The molecule has 0 radical (unpaired) electrons. The third-order valence-corrected chi connectivity index (χ3v) is 3.38. The zero-order valence-electron chi connectivity index (χ0n) is 10.4. The molecule has 0 fully saturated rings. The van der Waals surface area contributed by atoms with E-state index in [1.165, 1.54) is 11.3 Å². The summed E-state index contributed by atoms with van der Waals surface area (Å²) in [5.74, 6) is 0. The van der Waals surface area contributed by atoms with Gasteiger partial charge in [-0.05, 0) is 13.5 Å². The van der Waals surface area contributed by atoms with E-state index in [0.717, 1.165) is 28.5 Å². The molecule has 0 saturated carbocycles. The molecule has 7 heteroatoms. The van der Waals surface area contributed by atoms with Gasteiger partial charge in [0.1, 0.15) is 6.61 Å². The lowest BCUT2D eigenvalue weighted by Crippen LogP contribution is -2.17. The summed E-state index contributed by atoms with van der Waals surface area (Å²) in [5.41, 5.74) is 1.01. The molecule has 0 aliphatic rings. The van der Waals surface area contributed by atoms with Gasteiger partial charge in [-0.15, -0.1) is 11.3 Å². The predicted molar refractivity (Wildman–Crippen MR) is 64.8 cm³/mol. The maximum absolute atomic E-state index is 11.9. The number of alkyl halides is 3. The summed E-state index contributed by atoms with van der Waals surface area (Å²) < 4.78 is 40.1. The van der Waals surface area contributed by atoms with Crippen molar-refractivity contribution in [2.24, 2.45) is 0 Å². The first kappa shape index (κ1) is 15.4. The number of nitrogens with zero attached hydrogens (tertiary/aromatic N) is 1. The van der Waals surface area contributed by atoms with Crippen molar-refractivity contribution in [1.29, 1.82) is 0 Å². The molecule has 0 atom stereocenters. The number of aromatic nitrogens is 1. The Morgan fingerprint density at radius 2 is 2.11 bits per heavy atom. The minimum absolute atomic E-state index is 0.0508. The molecule has 1 N–H and O–H groups in total. The van der Waals surface area contributed by atoms with Gasteiger partial charge >= 0.3 is 6.18 Å². The Morgan fingerprint density at radius 1 is 1.39 bits per heavy atom. The smallest absolute Gasteiger partial charge is 0.372 e. The summed E-state index contributed by atoms with van der Waals surface area (Å²) in [6.45, 7) is 1.61. The molecule has 3 nitrogen and oxygen atoms in total. The third-order valence-electron chi connectivity index (χ3n) is 2.22. The first-order valence-electron chi connectivity index (χ1n) is 5.72. The van der Waals surface area contributed by atoms with Crippen molar-refractivity contribution in [2.45, 2.75) is 32.5 Å². The summed E-state index contributed by atoms with van der Waals surface area (Å²) in [4.78, 5) is 5.54.